The van der Waals surface area contributed by atoms with Gasteiger partial charge in [0.25, 0.3) is 0 Å². The van der Waals surface area contributed by atoms with Crippen LogP contribution in [0.1, 0.15) is 20.8 Å². The van der Waals surface area contributed by atoms with Crippen LogP contribution in [0.15, 0.2) is 12.7 Å². The molecule has 1 atom stereocenters. The minimum absolute atomic E-state index is 0.470. The lowest BCUT2D eigenvalue weighted by Crippen LogP contribution is -2.48. The van der Waals surface area contributed by atoms with Crippen LogP contribution in [0.25, 0.3) is 0 Å². The molecule has 1 amide bonds. The summed E-state index contributed by atoms with van der Waals surface area (Å²) in [5.41, 5.74) is -0.509. The van der Waals surface area contributed by atoms with Gasteiger partial charge in [-0.25, -0.2) is 4.79 Å². The maximum atomic E-state index is 10.9. The Balaban J connectivity index is 4.55. The van der Waals surface area contributed by atoms with Gasteiger partial charge in [0.15, 0.2) is 0 Å². The molecule has 0 saturated heterocycles. The molecule has 0 radical (unpaired) electrons. The van der Waals surface area contributed by atoms with Gasteiger partial charge in [-0.15, -0.1) is 0 Å². The van der Waals surface area contributed by atoms with Gasteiger partial charge in [-0.1, -0.05) is 27.4 Å². The van der Waals surface area contributed by atoms with Crippen LogP contribution >= 0.6 is 0 Å². The van der Waals surface area contributed by atoms with Crippen molar-refractivity contribution in [3.05, 3.63) is 12.7 Å². The van der Waals surface area contributed by atoms with Crippen molar-refractivity contribution in [2.45, 2.75) is 26.8 Å². The second kappa shape index (κ2) is 4.07. The zero-order chi connectivity index (χ0) is 10.6. The molecule has 0 fully saturated rings. The third-order valence-corrected chi connectivity index (χ3v) is 1.58. The molecule has 0 unspecified atom stereocenters. The topological polar surface area (TPSA) is 66.4 Å². The van der Waals surface area contributed by atoms with Crippen LogP contribution in [0, 0.1) is 5.41 Å². The third kappa shape index (κ3) is 3.73. The molecule has 0 rings (SSSR count). The molecule has 0 saturated carbocycles. The Hall–Kier alpha value is -1.32. The molecular formula is C9H15NO3. The molecule has 74 valence electrons. The summed E-state index contributed by atoms with van der Waals surface area (Å²) in [5.74, 6) is -1.51. The summed E-state index contributed by atoms with van der Waals surface area (Å²) in [6, 6.07) is -0.891. The number of aliphatic carboxylic acids is 1. The van der Waals surface area contributed by atoms with Crippen LogP contribution in [0.4, 0.5) is 0 Å². The summed E-state index contributed by atoms with van der Waals surface area (Å²) in [7, 11) is 0. The molecular weight excluding hydrogens is 170 g/mol. The minimum atomic E-state index is -1.04. The summed E-state index contributed by atoms with van der Waals surface area (Å²) in [4.78, 5) is 21.6. The van der Waals surface area contributed by atoms with Gasteiger partial charge in [0, 0.05) is 0 Å². The number of hydrogen-bond donors (Lipinski definition) is 2. The monoisotopic (exact) mass is 185 g/mol. The Morgan fingerprint density at radius 2 is 1.92 bits per heavy atom. The van der Waals surface area contributed by atoms with Crippen LogP contribution in [0.3, 0.4) is 0 Å². The van der Waals surface area contributed by atoms with E-state index in [0.29, 0.717) is 0 Å². The molecule has 0 spiro atoms. The second-order valence-corrected chi connectivity index (χ2v) is 3.85. The zero-order valence-corrected chi connectivity index (χ0v) is 8.13. The number of carboxylic acid groups (broad SMARTS) is 1. The number of nitrogens with one attached hydrogen (secondary N) is 1. The first kappa shape index (κ1) is 11.7. The van der Waals surface area contributed by atoms with Crippen molar-refractivity contribution in [2.24, 2.45) is 5.41 Å². The Kier molecular flexibility index (Phi) is 3.66. The Morgan fingerprint density at radius 3 is 2.15 bits per heavy atom. The second-order valence-electron chi connectivity index (χ2n) is 3.85. The van der Waals surface area contributed by atoms with Gasteiger partial charge < -0.3 is 10.4 Å². The van der Waals surface area contributed by atoms with Gasteiger partial charge in [0.2, 0.25) is 5.91 Å². The first-order valence-corrected chi connectivity index (χ1v) is 3.94. The number of carbonyl (C=O) groups is 2. The smallest absolute Gasteiger partial charge is 0.326 e. The fourth-order valence-corrected chi connectivity index (χ4v) is 0.850. The standard InChI is InChI=1S/C9H15NO3/c1-5-6(11)10-7(8(12)13)9(2,3)4/h5,7H,1H2,2-4H3,(H,10,11)(H,12,13)/t7-/m0/s1. The molecule has 0 aromatic carbocycles. The van der Waals surface area contributed by atoms with Crippen molar-refractivity contribution < 1.29 is 14.7 Å². The van der Waals surface area contributed by atoms with Gasteiger partial charge >= 0.3 is 5.97 Å². The van der Waals surface area contributed by atoms with E-state index in [2.05, 4.69) is 11.9 Å². The van der Waals surface area contributed by atoms with Crippen LogP contribution < -0.4 is 5.32 Å². The number of carboxylic acids is 1. The van der Waals surface area contributed by atoms with Crippen molar-refractivity contribution in [1.29, 1.82) is 0 Å². The Labute approximate surface area is 77.6 Å². The maximum absolute atomic E-state index is 10.9. The average Bonchev–Trinajstić information content (AvgIpc) is 1.96. The van der Waals surface area contributed by atoms with Crippen molar-refractivity contribution >= 4 is 11.9 Å². The highest BCUT2D eigenvalue weighted by Gasteiger charge is 2.31. The van der Waals surface area contributed by atoms with E-state index in [1.165, 1.54) is 0 Å². The van der Waals surface area contributed by atoms with Crippen molar-refractivity contribution in [1.82, 2.24) is 5.32 Å². The Bertz CT molecular complexity index is 228. The number of hydrogen-bond acceptors (Lipinski definition) is 2. The highest BCUT2D eigenvalue weighted by molar-refractivity contribution is 5.90. The summed E-state index contributed by atoms with van der Waals surface area (Å²) >= 11 is 0. The first-order chi connectivity index (χ1) is 5.79. The molecule has 0 aromatic heterocycles. The fourth-order valence-electron chi connectivity index (χ4n) is 0.850. The van der Waals surface area contributed by atoms with E-state index in [4.69, 9.17) is 5.11 Å². The SMILES string of the molecule is C=CC(=O)N[C@@H](C(=O)O)C(C)(C)C. The van der Waals surface area contributed by atoms with Gasteiger partial charge in [0.1, 0.15) is 6.04 Å². The largest absolute Gasteiger partial charge is 0.480 e. The first-order valence-electron chi connectivity index (χ1n) is 3.94. The number of carbonyl (C=O) groups excluding carboxylic acids is 1. The lowest BCUT2D eigenvalue weighted by atomic mass is 9.87. The van der Waals surface area contributed by atoms with E-state index in [1.807, 2.05) is 0 Å². The molecule has 0 bridgehead atoms. The Morgan fingerprint density at radius 1 is 1.46 bits per heavy atom. The van der Waals surface area contributed by atoms with E-state index < -0.39 is 23.3 Å². The van der Waals surface area contributed by atoms with E-state index in [-0.39, 0.29) is 0 Å². The van der Waals surface area contributed by atoms with E-state index in [9.17, 15) is 9.59 Å². The molecule has 0 aliphatic rings. The van der Waals surface area contributed by atoms with Crippen LogP contribution in [-0.2, 0) is 9.59 Å². The predicted molar refractivity (Wildman–Crippen MR) is 49.2 cm³/mol. The lowest BCUT2D eigenvalue weighted by Gasteiger charge is -2.27. The van der Waals surface area contributed by atoms with Gasteiger partial charge in [-0.2, -0.15) is 0 Å². The lowest BCUT2D eigenvalue weighted by molar-refractivity contribution is -0.144. The van der Waals surface area contributed by atoms with E-state index in [1.54, 1.807) is 20.8 Å². The van der Waals surface area contributed by atoms with Crippen LogP contribution in [0.5, 0.6) is 0 Å². The normalized spacial score (nSPS) is 13.2. The molecule has 0 aliphatic heterocycles. The van der Waals surface area contributed by atoms with E-state index in [0.717, 1.165) is 6.08 Å². The van der Waals surface area contributed by atoms with E-state index >= 15 is 0 Å². The molecule has 4 nitrogen and oxygen atoms in total. The summed E-state index contributed by atoms with van der Waals surface area (Å²) in [6.45, 7) is 8.49. The highest BCUT2D eigenvalue weighted by atomic mass is 16.4. The zero-order valence-electron chi connectivity index (χ0n) is 8.13. The van der Waals surface area contributed by atoms with Crippen LogP contribution in [-0.4, -0.2) is 23.0 Å². The molecule has 0 aliphatic carbocycles. The van der Waals surface area contributed by atoms with Gasteiger partial charge in [-0.05, 0) is 11.5 Å². The average molecular weight is 185 g/mol. The third-order valence-electron chi connectivity index (χ3n) is 1.58. The summed E-state index contributed by atoms with van der Waals surface area (Å²) in [5, 5.41) is 11.2. The quantitative estimate of drug-likeness (QED) is 0.639. The number of rotatable bonds is 3. The highest BCUT2D eigenvalue weighted by Crippen LogP contribution is 2.19. The fraction of sp³-hybridized carbons (Fsp3) is 0.556. The van der Waals surface area contributed by atoms with Gasteiger partial charge in [-0.3, -0.25) is 4.79 Å². The molecule has 13 heavy (non-hydrogen) atoms. The van der Waals surface area contributed by atoms with Crippen molar-refractivity contribution in [2.75, 3.05) is 0 Å². The summed E-state index contributed by atoms with van der Waals surface area (Å²) < 4.78 is 0. The van der Waals surface area contributed by atoms with Crippen molar-refractivity contribution in [3.8, 4) is 0 Å². The molecule has 2 N–H and O–H groups in total. The predicted octanol–water partition coefficient (Wildman–Crippen LogP) is 0.788. The molecule has 0 heterocycles. The van der Waals surface area contributed by atoms with Gasteiger partial charge in [0.05, 0.1) is 0 Å². The molecule has 4 heteroatoms. The van der Waals surface area contributed by atoms with Crippen LogP contribution in [0.2, 0.25) is 0 Å². The summed E-state index contributed by atoms with van der Waals surface area (Å²) in [6.07, 6.45) is 1.06. The molecule has 0 aromatic rings. The maximum Gasteiger partial charge on any atom is 0.326 e. The number of amides is 1. The van der Waals surface area contributed by atoms with Crippen molar-refractivity contribution in [3.63, 3.8) is 0 Å². The minimum Gasteiger partial charge on any atom is -0.480 e.